The summed E-state index contributed by atoms with van der Waals surface area (Å²) in [7, 11) is 0. The van der Waals surface area contributed by atoms with Crippen LogP contribution in [0.2, 0.25) is 0 Å². The van der Waals surface area contributed by atoms with Crippen molar-refractivity contribution in [3.63, 3.8) is 0 Å². The largest absolute Gasteiger partial charge is 0.364 e. The molecule has 2 heterocycles. The number of fused-ring (bicyclic) bond motifs is 6. The van der Waals surface area contributed by atoms with Gasteiger partial charge in [0.25, 0.3) is 0 Å². The van der Waals surface area contributed by atoms with Crippen LogP contribution in [-0.4, -0.2) is 23.0 Å². The number of hydrogen-bond acceptors (Lipinski definition) is 2. The molecular weight excluding hydrogens is 605 g/mol. The third-order valence-electron chi connectivity index (χ3n) is 12.6. The maximum atomic E-state index is 2.95. The summed E-state index contributed by atoms with van der Waals surface area (Å²) in [5.74, 6) is 1.62. The predicted molar refractivity (Wildman–Crippen MR) is 208 cm³/mol. The van der Waals surface area contributed by atoms with E-state index in [-0.39, 0.29) is 6.04 Å². The Labute approximate surface area is 297 Å². The quantitative estimate of drug-likeness (QED) is 0.271. The van der Waals surface area contributed by atoms with Gasteiger partial charge >= 0.3 is 0 Å². The van der Waals surface area contributed by atoms with Crippen molar-refractivity contribution in [3.8, 4) is 11.1 Å². The van der Waals surface area contributed by atoms with Crippen molar-refractivity contribution in [1.82, 2.24) is 4.90 Å². The van der Waals surface area contributed by atoms with Crippen molar-refractivity contribution in [1.29, 1.82) is 0 Å². The summed E-state index contributed by atoms with van der Waals surface area (Å²) in [6.07, 6.45) is 37.3. The van der Waals surface area contributed by atoms with Crippen LogP contribution in [0.1, 0.15) is 62.8 Å². The molecule has 2 nitrogen and oxygen atoms in total. The molecule has 1 saturated heterocycles. The van der Waals surface area contributed by atoms with Gasteiger partial charge in [0.05, 0.1) is 12.1 Å². The lowest BCUT2D eigenvalue weighted by Crippen LogP contribution is -2.40. The predicted octanol–water partition coefficient (Wildman–Crippen LogP) is 11.7. The Morgan fingerprint density at radius 2 is 1.56 bits per heavy atom. The number of hydrogen-bond donors (Lipinski definition) is 0. The van der Waals surface area contributed by atoms with Crippen molar-refractivity contribution in [2.75, 3.05) is 4.90 Å². The van der Waals surface area contributed by atoms with Gasteiger partial charge in [0.2, 0.25) is 0 Å². The molecule has 3 aromatic rings. The van der Waals surface area contributed by atoms with Crippen molar-refractivity contribution in [2.45, 2.75) is 75.4 Å². The molecule has 1 saturated carbocycles. The van der Waals surface area contributed by atoms with Crippen molar-refractivity contribution < 1.29 is 0 Å². The van der Waals surface area contributed by atoms with E-state index in [1.54, 1.807) is 5.70 Å². The SMILES string of the molecule is C1=CC2C3CCCCC3N(C3=CC(C4=CCCC=C4)=CCC3)C2C(C2=CC3c4ccccc4N(c4cccc(-c5ccccc5)c4)C3C=C2)=C1. The van der Waals surface area contributed by atoms with Crippen LogP contribution in [0.5, 0.6) is 0 Å². The molecule has 5 aliphatic carbocycles. The molecule has 10 rings (SSSR count). The van der Waals surface area contributed by atoms with Gasteiger partial charge in [-0.3, -0.25) is 0 Å². The third kappa shape index (κ3) is 4.98. The summed E-state index contributed by atoms with van der Waals surface area (Å²) in [5.41, 5.74) is 13.9. The van der Waals surface area contributed by atoms with E-state index in [0.29, 0.717) is 23.9 Å². The molecule has 2 aliphatic heterocycles. The molecule has 0 aromatic heterocycles. The minimum Gasteiger partial charge on any atom is -0.364 e. The monoisotopic (exact) mass is 650 g/mol. The first-order valence-electron chi connectivity index (χ1n) is 19.2. The second kappa shape index (κ2) is 12.5. The second-order valence-corrected chi connectivity index (χ2v) is 15.3. The van der Waals surface area contributed by atoms with Crippen LogP contribution in [0.3, 0.4) is 0 Å². The summed E-state index contributed by atoms with van der Waals surface area (Å²) >= 11 is 0. The molecule has 2 heteroatoms. The molecule has 0 radical (unpaired) electrons. The van der Waals surface area contributed by atoms with E-state index < -0.39 is 0 Å². The minimum atomic E-state index is 0.255. The topological polar surface area (TPSA) is 6.48 Å². The molecule has 0 bridgehead atoms. The van der Waals surface area contributed by atoms with E-state index in [1.165, 1.54) is 82.5 Å². The van der Waals surface area contributed by atoms with Gasteiger partial charge in [0.1, 0.15) is 0 Å². The van der Waals surface area contributed by atoms with Gasteiger partial charge in [-0.05, 0) is 108 Å². The first-order valence-corrected chi connectivity index (χ1v) is 19.2. The summed E-state index contributed by atoms with van der Waals surface area (Å²) in [6, 6.07) is 30.3. The van der Waals surface area contributed by atoms with E-state index >= 15 is 0 Å². The molecule has 7 aliphatic rings. The molecule has 3 aromatic carbocycles. The van der Waals surface area contributed by atoms with Crippen molar-refractivity contribution in [2.24, 2.45) is 11.8 Å². The average molecular weight is 651 g/mol. The molecule has 0 amide bonds. The van der Waals surface area contributed by atoms with Crippen molar-refractivity contribution >= 4 is 11.4 Å². The van der Waals surface area contributed by atoms with Crippen LogP contribution in [0.15, 0.2) is 174 Å². The lowest BCUT2D eigenvalue weighted by molar-refractivity contribution is 0.198. The normalized spacial score (nSPS) is 29.2. The van der Waals surface area contributed by atoms with Crippen molar-refractivity contribution in [3.05, 3.63) is 179 Å². The average Bonchev–Trinajstić information content (AvgIpc) is 3.71. The number of nitrogens with zero attached hydrogens (tertiary/aromatic N) is 2. The fraction of sp³-hybridized carbons (Fsp3) is 0.292. The molecular formula is C48H46N2. The van der Waals surface area contributed by atoms with E-state index in [0.717, 1.165) is 25.2 Å². The molecule has 248 valence electrons. The highest BCUT2D eigenvalue weighted by atomic mass is 15.2. The molecule has 0 N–H and O–H groups in total. The number of likely N-dealkylation sites (tertiary alicyclic amines) is 1. The number of allylic oxidation sites excluding steroid dienone is 11. The van der Waals surface area contributed by atoms with Gasteiger partial charge < -0.3 is 9.80 Å². The van der Waals surface area contributed by atoms with Gasteiger partial charge in [-0.1, -0.05) is 134 Å². The van der Waals surface area contributed by atoms with Gasteiger partial charge in [0.15, 0.2) is 0 Å². The third-order valence-corrected chi connectivity index (χ3v) is 12.6. The lowest BCUT2D eigenvalue weighted by atomic mass is 9.74. The van der Waals surface area contributed by atoms with E-state index in [9.17, 15) is 0 Å². The van der Waals surface area contributed by atoms with E-state index in [1.807, 2.05) is 0 Å². The fourth-order valence-corrected chi connectivity index (χ4v) is 10.4. The van der Waals surface area contributed by atoms with Gasteiger partial charge in [-0.25, -0.2) is 0 Å². The Hall–Kier alpha value is -4.82. The highest BCUT2D eigenvalue weighted by Gasteiger charge is 2.51. The Balaban J connectivity index is 1.02. The number of para-hydroxylation sites is 1. The van der Waals surface area contributed by atoms with Crippen LogP contribution in [-0.2, 0) is 0 Å². The fourth-order valence-electron chi connectivity index (χ4n) is 10.4. The van der Waals surface area contributed by atoms with Crippen LogP contribution < -0.4 is 4.90 Å². The second-order valence-electron chi connectivity index (χ2n) is 15.3. The van der Waals surface area contributed by atoms with E-state index in [2.05, 4.69) is 155 Å². The number of anilines is 2. The zero-order valence-corrected chi connectivity index (χ0v) is 28.9. The first kappa shape index (κ1) is 30.0. The maximum absolute atomic E-state index is 2.95. The standard InChI is InChI=1S/C48H46N2/c1-3-14-33(15-4-1)35-18-11-20-38(30-35)49-45-26-9-8-23-42(45)44-32-37(28-29-47(44)49)40-24-13-25-43-41-22-7-10-27-46(41)50(48(40)43)39-21-12-19-36(31-39)34-16-5-2-6-17-34/h1,3-5,8-9,11,13-20,23-26,28-32,41,43-44,46-48H,2,6-7,10,12,21-22,27H2. The number of rotatable bonds is 5. The minimum absolute atomic E-state index is 0.255. The summed E-state index contributed by atoms with van der Waals surface area (Å²) in [6.45, 7) is 0. The van der Waals surface area contributed by atoms with Crippen LogP contribution >= 0.6 is 0 Å². The van der Waals surface area contributed by atoms with Gasteiger partial charge in [-0.2, -0.15) is 0 Å². The Morgan fingerprint density at radius 3 is 2.48 bits per heavy atom. The molecule has 50 heavy (non-hydrogen) atoms. The summed E-state index contributed by atoms with van der Waals surface area (Å²) in [4.78, 5) is 5.54. The summed E-state index contributed by atoms with van der Waals surface area (Å²) in [5, 5.41) is 0. The van der Waals surface area contributed by atoms with Gasteiger partial charge in [-0.15, -0.1) is 0 Å². The zero-order valence-electron chi connectivity index (χ0n) is 28.9. The van der Waals surface area contributed by atoms with Crippen LogP contribution in [0, 0.1) is 11.8 Å². The Kier molecular flexibility index (Phi) is 7.51. The summed E-state index contributed by atoms with van der Waals surface area (Å²) < 4.78 is 0. The molecule has 6 unspecified atom stereocenters. The zero-order chi connectivity index (χ0) is 33.0. The highest BCUT2D eigenvalue weighted by Crippen LogP contribution is 2.54. The van der Waals surface area contributed by atoms with Gasteiger partial charge in [0, 0.05) is 34.9 Å². The molecule has 6 atom stereocenters. The molecule has 0 spiro atoms. The highest BCUT2D eigenvalue weighted by molar-refractivity contribution is 5.79. The van der Waals surface area contributed by atoms with E-state index in [4.69, 9.17) is 0 Å². The first-order chi connectivity index (χ1) is 24.8. The number of benzene rings is 3. The lowest BCUT2D eigenvalue weighted by Gasteiger charge is -2.40. The Bertz CT molecular complexity index is 2060. The van der Waals surface area contributed by atoms with Crippen LogP contribution in [0.25, 0.3) is 11.1 Å². The smallest absolute Gasteiger partial charge is 0.0630 e. The Morgan fingerprint density at radius 1 is 0.700 bits per heavy atom. The van der Waals surface area contributed by atoms with Crippen LogP contribution in [0.4, 0.5) is 11.4 Å². The molecule has 2 fully saturated rings. The maximum Gasteiger partial charge on any atom is 0.0630 e.